The number of hydrogen-bond donors (Lipinski definition) is 0. The SMILES string of the molecule is Cn1c(CCCc2ccccc2)nc2ccccc21. The summed E-state index contributed by atoms with van der Waals surface area (Å²) in [6.45, 7) is 0. The number of aromatic nitrogens is 2. The van der Waals surface area contributed by atoms with E-state index in [1.807, 2.05) is 6.07 Å². The van der Waals surface area contributed by atoms with E-state index in [0.29, 0.717) is 0 Å². The van der Waals surface area contributed by atoms with E-state index in [1.165, 1.54) is 16.9 Å². The van der Waals surface area contributed by atoms with E-state index in [2.05, 4.69) is 60.1 Å². The molecule has 1 heterocycles. The quantitative estimate of drug-likeness (QED) is 0.689. The molecule has 0 aliphatic rings. The Morgan fingerprint density at radius 3 is 2.42 bits per heavy atom. The van der Waals surface area contributed by atoms with Crippen LogP contribution in [0.4, 0.5) is 0 Å². The highest BCUT2D eigenvalue weighted by molar-refractivity contribution is 5.75. The third-order valence-corrected chi connectivity index (χ3v) is 3.59. The van der Waals surface area contributed by atoms with Crippen LogP contribution in [0.15, 0.2) is 54.6 Å². The van der Waals surface area contributed by atoms with Gasteiger partial charge in [-0.3, -0.25) is 0 Å². The molecule has 0 aliphatic carbocycles. The van der Waals surface area contributed by atoms with Crippen LogP contribution in [-0.4, -0.2) is 9.55 Å². The second-order valence-electron chi connectivity index (χ2n) is 4.91. The lowest BCUT2D eigenvalue weighted by Gasteiger charge is -2.03. The van der Waals surface area contributed by atoms with Crippen molar-refractivity contribution < 1.29 is 0 Å². The van der Waals surface area contributed by atoms with Gasteiger partial charge < -0.3 is 4.57 Å². The van der Waals surface area contributed by atoms with Crippen molar-refractivity contribution in [2.45, 2.75) is 19.3 Å². The van der Waals surface area contributed by atoms with E-state index in [-0.39, 0.29) is 0 Å². The Morgan fingerprint density at radius 1 is 0.895 bits per heavy atom. The zero-order chi connectivity index (χ0) is 13.1. The fourth-order valence-corrected chi connectivity index (χ4v) is 2.51. The fourth-order valence-electron chi connectivity index (χ4n) is 2.51. The fraction of sp³-hybridized carbons (Fsp3) is 0.235. The standard InChI is InChI=1S/C17H18N2/c1-19-16-12-6-5-11-15(16)18-17(19)13-7-10-14-8-3-2-4-9-14/h2-6,8-9,11-12H,7,10,13H2,1H3. The average Bonchev–Trinajstić information content (AvgIpc) is 2.78. The van der Waals surface area contributed by atoms with Crippen LogP contribution in [0.1, 0.15) is 17.8 Å². The van der Waals surface area contributed by atoms with Crippen molar-refractivity contribution in [2.75, 3.05) is 0 Å². The van der Waals surface area contributed by atoms with Crippen molar-refractivity contribution in [3.8, 4) is 0 Å². The van der Waals surface area contributed by atoms with Gasteiger partial charge in [-0.1, -0.05) is 42.5 Å². The Kier molecular flexibility index (Phi) is 3.32. The first-order valence-electron chi connectivity index (χ1n) is 6.79. The van der Waals surface area contributed by atoms with Crippen molar-refractivity contribution in [1.29, 1.82) is 0 Å². The van der Waals surface area contributed by atoms with Crippen molar-refractivity contribution in [3.63, 3.8) is 0 Å². The lowest BCUT2D eigenvalue weighted by Crippen LogP contribution is -1.99. The summed E-state index contributed by atoms with van der Waals surface area (Å²) in [4.78, 5) is 4.71. The van der Waals surface area contributed by atoms with Gasteiger partial charge >= 0.3 is 0 Å². The summed E-state index contributed by atoms with van der Waals surface area (Å²) in [6, 6.07) is 19.0. The monoisotopic (exact) mass is 250 g/mol. The maximum atomic E-state index is 4.71. The molecule has 2 heteroatoms. The van der Waals surface area contributed by atoms with Crippen LogP contribution in [0.2, 0.25) is 0 Å². The molecule has 0 saturated heterocycles. The normalized spacial score (nSPS) is 11.0. The summed E-state index contributed by atoms with van der Waals surface area (Å²) in [7, 11) is 2.10. The molecule has 0 radical (unpaired) electrons. The Hall–Kier alpha value is -2.09. The van der Waals surface area contributed by atoms with Gasteiger partial charge in [-0.05, 0) is 30.5 Å². The summed E-state index contributed by atoms with van der Waals surface area (Å²) in [5.41, 5.74) is 3.72. The third-order valence-electron chi connectivity index (χ3n) is 3.59. The van der Waals surface area contributed by atoms with E-state index >= 15 is 0 Å². The minimum absolute atomic E-state index is 1.03. The van der Waals surface area contributed by atoms with Crippen molar-refractivity contribution in [1.82, 2.24) is 9.55 Å². The molecule has 0 unspecified atom stereocenters. The molecule has 96 valence electrons. The molecule has 3 rings (SSSR count). The highest BCUT2D eigenvalue weighted by Crippen LogP contribution is 2.16. The minimum Gasteiger partial charge on any atom is -0.331 e. The number of rotatable bonds is 4. The number of fused-ring (bicyclic) bond motifs is 1. The first kappa shape index (κ1) is 12.0. The number of benzene rings is 2. The van der Waals surface area contributed by atoms with Gasteiger partial charge in [0.25, 0.3) is 0 Å². The van der Waals surface area contributed by atoms with Crippen LogP contribution in [0.3, 0.4) is 0 Å². The van der Waals surface area contributed by atoms with Crippen LogP contribution in [-0.2, 0) is 19.9 Å². The molecular weight excluding hydrogens is 232 g/mol. The van der Waals surface area contributed by atoms with Gasteiger partial charge in [-0.2, -0.15) is 0 Å². The van der Waals surface area contributed by atoms with Gasteiger partial charge in [0.05, 0.1) is 11.0 Å². The molecule has 2 aromatic carbocycles. The maximum absolute atomic E-state index is 4.71. The molecule has 0 atom stereocenters. The average molecular weight is 250 g/mol. The third kappa shape index (κ3) is 2.53. The lowest BCUT2D eigenvalue weighted by molar-refractivity contribution is 0.733. The van der Waals surface area contributed by atoms with E-state index in [1.54, 1.807) is 0 Å². The summed E-state index contributed by atoms with van der Waals surface area (Å²) >= 11 is 0. The highest BCUT2D eigenvalue weighted by atomic mass is 15.1. The largest absolute Gasteiger partial charge is 0.331 e. The molecule has 0 bridgehead atoms. The summed E-state index contributed by atoms with van der Waals surface area (Å²) in [6.07, 6.45) is 3.28. The topological polar surface area (TPSA) is 17.8 Å². The van der Waals surface area contributed by atoms with Crippen molar-refractivity contribution >= 4 is 11.0 Å². The van der Waals surface area contributed by atoms with Gasteiger partial charge in [0.1, 0.15) is 5.82 Å². The molecule has 0 saturated carbocycles. The molecule has 2 nitrogen and oxygen atoms in total. The highest BCUT2D eigenvalue weighted by Gasteiger charge is 2.06. The van der Waals surface area contributed by atoms with Crippen LogP contribution in [0, 0.1) is 0 Å². The number of imidazole rings is 1. The van der Waals surface area contributed by atoms with Gasteiger partial charge in [0.15, 0.2) is 0 Å². The number of hydrogen-bond acceptors (Lipinski definition) is 1. The van der Waals surface area contributed by atoms with Gasteiger partial charge in [-0.25, -0.2) is 4.98 Å². The predicted molar refractivity (Wildman–Crippen MR) is 79.2 cm³/mol. The van der Waals surface area contributed by atoms with Crippen LogP contribution < -0.4 is 0 Å². The Morgan fingerprint density at radius 2 is 1.63 bits per heavy atom. The molecule has 0 amide bonds. The second-order valence-corrected chi connectivity index (χ2v) is 4.91. The van der Waals surface area contributed by atoms with Crippen molar-refractivity contribution in [3.05, 3.63) is 66.0 Å². The number of nitrogens with zero attached hydrogens (tertiary/aromatic N) is 2. The first-order valence-corrected chi connectivity index (χ1v) is 6.79. The smallest absolute Gasteiger partial charge is 0.109 e. The van der Waals surface area contributed by atoms with Crippen LogP contribution >= 0.6 is 0 Å². The zero-order valence-electron chi connectivity index (χ0n) is 11.2. The molecule has 0 aliphatic heterocycles. The Bertz CT molecular complexity index is 668. The van der Waals surface area contributed by atoms with Gasteiger partial charge in [-0.15, -0.1) is 0 Å². The van der Waals surface area contributed by atoms with Gasteiger partial charge in [0.2, 0.25) is 0 Å². The molecule has 0 N–H and O–H groups in total. The Labute approximate surface area is 113 Å². The summed E-state index contributed by atoms with van der Waals surface area (Å²) in [5, 5.41) is 0. The maximum Gasteiger partial charge on any atom is 0.109 e. The van der Waals surface area contributed by atoms with E-state index in [9.17, 15) is 0 Å². The van der Waals surface area contributed by atoms with Gasteiger partial charge in [0, 0.05) is 13.5 Å². The first-order chi connectivity index (χ1) is 9.34. The molecule has 0 spiro atoms. The molecule has 19 heavy (non-hydrogen) atoms. The number of aryl methyl sites for hydroxylation is 3. The van der Waals surface area contributed by atoms with E-state index < -0.39 is 0 Å². The molecule has 1 aromatic heterocycles. The Balaban J connectivity index is 1.70. The second kappa shape index (κ2) is 5.27. The lowest BCUT2D eigenvalue weighted by atomic mass is 10.1. The summed E-state index contributed by atoms with van der Waals surface area (Å²) in [5.74, 6) is 1.18. The van der Waals surface area contributed by atoms with Crippen LogP contribution in [0.5, 0.6) is 0 Å². The molecule has 0 fully saturated rings. The molecular formula is C17H18N2. The van der Waals surface area contributed by atoms with E-state index in [0.717, 1.165) is 24.8 Å². The minimum atomic E-state index is 1.03. The predicted octanol–water partition coefficient (Wildman–Crippen LogP) is 3.75. The van der Waals surface area contributed by atoms with E-state index in [4.69, 9.17) is 4.98 Å². The summed E-state index contributed by atoms with van der Waals surface area (Å²) < 4.78 is 2.21. The zero-order valence-corrected chi connectivity index (χ0v) is 11.2. The number of para-hydroxylation sites is 2. The van der Waals surface area contributed by atoms with Crippen molar-refractivity contribution in [2.24, 2.45) is 7.05 Å². The van der Waals surface area contributed by atoms with Crippen LogP contribution in [0.25, 0.3) is 11.0 Å². The molecule has 3 aromatic rings.